The number of rotatable bonds is 6. The molecule has 0 saturated heterocycles. The Kier molecular flexibility index (Phi) is 5.55. The summed E-state index contributed by atoms with van der Waals surface area (Å²) >= 11 is 1.41. The largest absolute Gasteiger partial charge is 0.486 e. The highest BCUT2D eigenvalue weighted by molar-refractivity contribution is 7.08. The van der Waals surface area contributed by atoms with E-state index in [1.54, 1.807) is 21.7 Å². The molecule has 0 fully saturated rings. The lowest BCUT2D eigenvalue weighted by Crippen LogP contribution is -2.34. The molecule has 132 valence electrons. The van der Waals surface area contributed by atoms with Gasteiger partial charge >= 0.3 is 5.97 Å². The zero-order valence-electron chi connectivity index (χ0n) is 13.9. The first kappa shape index (κ1) is 17.3. The van der Waals surface area contributed by atoms with Crippen molar-refractivity contribution in [3.05, 3.63) is 46.2 Å². The second kappa shape index (κ2) is 8.02. The van der Waals surface area contributed by atoms with E-state index < -0.39 is 5.97 Å². The van der Waals surface area contributed by atoms with Gasteiger partial charge in [-0.15, -0.1) is 0 Å². The Hall–Kier alpha value is -2.54. The van der Waals surface area contributed by atoms with Crippen LogP contribution in [-0.4, -0.2) is 43.1 Å². The van der Waals surface area contributed by atoms with Crippen LogP contribution in [0, 0.1) is 0 Å². The molecule has 0 unspecified atom stereocenters. The van der Waals surface area contributed by atoms with Gasteiger partial charge in [-0.3, -0.25) is 4.79 Å². The number of thiophene rings is 1. The van der Waals surface area contributed by atoms with E-state index in [0.29, 0.717) is 43.4 Å². The van der Waals surface area contributed by atoms with Gasteiger partial charge in [0.25, 0.3) is 5.91 Å². The second-order valence-corrected chi connectivity index (χ2v) is 6.25. The van der Waals surface area contributed by atoms with Crippen LogP contribution in [0.15, 0.2) is 35.0 Å². The van der Waals surface area contributed by atoms with Crippen molar-refractivity contribution in [2.45, 2.75) is 13.5 Å². The maximum atomic E-state index is 12.3. The minimum atomic E-state index is -0.481. The molecule has 6 nitrogen and oxygen atoms in total. The zero-order valence-corrected chi connectivity index (χ0v) is 14.7. The Bertz CT molecular complexity index is 744. The monoisotopic (exact) mass is 361 g/mol. The van der Waals surface area contributed by atoms with Crippen LogP contribution in [0.2, 0.25) is 0 Å². The van der Waals surface area contributed by atoms with Crippen molar-refractivity contribution in [3.63, 3.8) is 0 Å². The Labute approximate surface area is 149 Å². The summed E-state index contributed by atoms with van der Waals surface area (Å²) in [5.41, 5.74) is 1.40. The number of hydrogen-bond donors (Lipinski definition) is 0. The van der Waals surface area contributed by atoms with Crippen LogP contribution in [-0.2, 0) is 16.1 Å². The van der Waals surface area contributed by atoms with Crippen molar-refractivity contribution in [1.29, 1.82) is 0 Å². The molecule has 0 radical (unpaired) electrons. The zero-order chi connectivity index (χ0) is 17.6. The van der Waals surface area contributed by atoms with Crippen LogP contribution < -0.4 is 9.47 Å². The number of nitrogens with zero attached hydrogens (tertiary/aromatic N) is 1. The van der Waals surface area contributed by atoms with Crippen LogP contribution in [0.4, 0.5) is 0 Å². The molecule has 25 heavy (non-hydrogen) atoms. The summed E-state index contributed by atoms with van der Waals surface area (Å²) in [5.74, 6) is 0.691. The lowest BCUT2D eigenvalue weighted by atomic mass is 10.1. The molecule has 1 aliphatic heterocycles. The first-order chi connectivity index (χ1) is 12.2. The summed E-state index contributed by atoms with van der Waals surface area (Å²) in [4.78, 5) is 25.8. The summed E-state index contributed by atoms with van der Waals surface area (Å²) in [6.45, 7) is 3.61. The summed E-state index contributed by atoms with van der Waals surface area (Å²) in [6.07, 6.45) is 0. The first-order valence-electron chi connectivity index (χ1n) is 8.03. The third-order valence-corrected chi connectivity index (χ3v) is 4.48. The van der Waals surface area contributed by atoms with E-state index in [1.165, 1.54) is 11.3 Å². The van der Waals surface area contributed by atoms with E-state index in [9.17, 15) is 9.59 Å². The summed E-state index contributed by atoms with van der Waals surface area (Å²) in [6, 6.07) is 7.30. The van der Waals surface area contributed by atoms with Crippen LogP contribution in [0.3, 0.4) is 0 Å². The number of esters is 1. The number of carbonyl (C=O) groups is 2. The molecule has 0 atom stereocenters. The highest BCUT2D eigenvalue weighted by atomic mass is 32.1. The van der Waals surface area contributed by atoms with Crippen LogP contribution in [0.5, 0.6) is 11.5 Å². The molecule has 2 aromatic rings. The first-order valence-corrected chi connectivity index (χ1v) is 8.97. The average Bonchev–Trinajstić information content (AvgIpc) is 3.18. The van der Waals surface area contributed by atoms with Gasteiger partial charge in [-0.2, -0.15) is 11.3 Å². The predicted molar refractivity (Wildman–Crippen MR) is 93.1 cm³/mol. The molecule has 1 aromatic heterocycles. The molecular weight excluding hydrogens is 342 g/mol. The fraction of sp³-hybridized carbons (Fsp3) is 0.333. The molecule has 0 N–H and O–H groups in total. The van der Waals surface area contributed by atoms with E-state index in [2.05, 4.69) is 0 Å². The summed E-state index contributed by atoms with van der Waals surface area (Å²) < 4.78 is 16.1. The third-order valence-electron chi connectivity index (χ3n) is 3.80. The minimum Gasteiger partial charge on any atom is -0.486 e. The highest BCUT2D eigenvalue weighted by Crippen LogP contribution is 2.31. The molecule has 0 aliphatic carbocycles. The fourth-order valence-electron chi connectivity index (χ4n) is 2.47. The van der Waals surface area contributed by atoms with Crippen LogP contribution >= 0.6 is 11.3 Å². The molecule has 0 spiro atoms. The smallest absolute Gasteiger partial charge is 0.339 e. The number of fused-ring (bicyclic) bond motifs is 1. The van der Waals surface area contributed by atoms with Crippen molar-refractivity contribution < 1.29 is 23.8 Å². The number of ether oxygens (including phenoxy) is 3. The lowest BCUT2D eigenvalue weighted by Gasteiger charge is -2.23. The molecular formula is C18H19NO5S. The van der Waals surface area contributed by atoms with Gasteiger partial charge in [0.05, 0.1) is 5.56 Å². The van der Waals surface area contributed by atoms with Gasteiger partial charge in [0, 0.05) is 18.5 Å². The predicted octanol–water partition coefficient (Wildman–Crippen LogP) is 2.72. The van der Waals surface area contributed by atoms with Crippen molar-refractivity contribution in [1.82, 2.24) is 4.90 Å². The molecule has 1 aromatic carbocycles. The van der Waals surface area contributed by atoms with Crippen LogP contribution in [0.25, 0.3) is 0 Å². The van der Waals surface area contributed by atoms with E-state index >= 15 is 0 Å². The average molecular weight is 361 g/mol. The lowest BCUT2D eigenvalue weighted by molar-refractivity contribution is -0.134. The van der Waals surface area contributed by atoms with Gasteiger partial charge in [-0.1, -0.05) is 6.07 Å². The van der Waals surface area contributed by atoms with Crippen LogP contribution in [0.1, 0.15) is 22.8 Å². The van der Waals surface area contributed by atoms with E-state index in [4.69, 9.17) is 14.2 Å². The highest BCUT2D eigenvalue weighted by Gasteiger charge is 2.18. The second-order valence-electron chi connectivity index (χ2n) is 5.47. The third kappa shape index (κ3) is 4.30. The number of carbonyl (C=O) groups excluding carboxylic acids is 2. The van der Waals surface area contributed by atoms with E-state index in [-0.39, 0.29) is 12.5 Å². The SMILES string of the molecule is CCN(Cc1ccc2c(c1)OCCO2)C(=O)COC(=O)c1ccsc1. The number of likely N-dealkylation sites (N-methyl/N-ethyl adjacent to an activating group) is 1. The molecule has 1 aliphatic rings. The maximum absolute atomic E-state index is 12.3. The standard InChI is InChI=1S/C18H19NO5S/c1-2-19(17(20)11-24-18(21)14-5-8-25-12-14)10-13-3-4-15-16(9-13)23-7-6-22-15/h3-5,8-9,12H,2,6-7,10-11H2,1H3. The topological polar surface area (TPSA) is 65.1 Å². The van der Waals surface area contributed by atoms with E-state index in [1.807, 2.05) is 25.1 Å². The molecule has 0 bridgehead atoms. The molecule has 3 rings (SSSR count). The quantitative estimate of drug-likeness (QED) is 0.740. The number of amides is 1. The van der Waals surface area contributed by atoms with Crippen molar-refractivity contribution >= 4 is 23.2 Å². The van der Waals surface area contributed by atoms with Gasteiger partial charge in [0.1, 0.15) is 13.2 Å². The van der Waals surface area contributed by atoms with Gasteiger partial charge in [-0.05, 0) is 36.1 Å². The van der Waals surface area contributed by atoms with E-state index in [0.717, 1.165) is 5.56 Å². The van der Waals surface area contributed by atoms with Gasteiger partial charge < -0.3 is 19.1 Å². The van der Waals surface area contributed by atoms with Crippen molar-refractivity contribution in [2.75, 3.05) is 26.4 Å². The molecule has 2 heterocycles. The summed E-state index contributed by atoms with van der Waals surface area (Å²) in [5, 5.41) is 3.48. The Balaban J connectivity index is 1.58. The Morgan fingerprint density at radius 3 is 2.72 bits per heavy atom. The minimum absolute atomic E-state index is 0.235. The van der Waals surface area contributed by atoms with Crippen molar-refractivity contribution in [2.24, 2.45) is 0 Å². The van der Waals surface area contributed by atoms with Gasteiger partial charge in [0.15, 0.2) is 18.1 Å². The number of benzene rings is 1. The Morgan fingerprint density at radius 2 is 2.00 bits per heavy atom. The number of hydrogen-bond acceptors (Lipinski definition) is 6. The van der Waals surface area contributed by atoms with Gasteiger partial charge in [0.2, 0.25) is 0 Å². The molecule has 0 saturated carbocycles. The Morgan fingerprint density at radius 1 is 1.20 bits per heavy atom. The fourth-order valence-corrected chi connectivity index (χ4v) is 3.09. The normalized spacial score (nSPS) is 12.5. The summed E-state index contributed by atoms with van der Waals surface area (Å²) in [7, 11) is 0. The molecule has 7 heteroatoms. The van der Waals surface area contributed by atoms with Gasteiger partial charge in [-0.25, -0.2) is 4.79 Å². The maximum Gasteiger partial charge on any atom is 0.339 e. The molecule has 1 amide bonds. The van der Waals surface area contributed by atoms with Crippen molar-refractivity contribution in [3.8, 4) is 11.5 Å².